The van der Waals surface area contributed by atoms with E-state index in [0.717, 1.165) is 31.3 Å². The molecular formula is C13H27NO. The molecule has 0 aromatic carbocycles. The van der Waals surface area contributed by atoms with E-state index in [-0.39, 0.29) is 6.10 Å². The third kappa shape index (κ3) is 5.53. The molecule has 0 heterocycles. The molecule has 0 spiro atoms. The Balaban J connectivity index is 1.99. The van der Waals surface area contributed by atoms with Crippen molar-refractivity contribution < 1.29 is 5.11 Å². The topological polar surface area (TPSA) is 32.3 Å². The van der Waals surface area contributed by atoms with Gasteiger partial charge in [-0.25, -0.2) is 0 Å². The molecule has 1 aliphatic rings. The van der Waals surface area contributed by atoms with E-state index in [9.17, 15) is 0 Å². The first-order valence-corrected chi connectivity index (χ1v) is 6.63. The van der Waals surface area contributed by atoms with Gasteiger partial charge in [0.15, 0.2) is 0 Å². The molecule has 0 aliphatic heterocycles. The van der Waals surface area contributed by atoms with Gasteiger partial charge in [0.2, 0.25) is 0 Å². The van der Waals surface area contributed by atoms with Crippen LogP contribution in [0.4, 0.5) is 0 Å². The van der Waals surface area contributed by atoms with Crippen LogP contribution in [-0.2, 0) is 0 Å². The summed E-state index contributed by atoms with van der Waals surface area (Å²) in [5, 5.41) is 12.7. The first-order valence-electron chi connectivity index (χ1n) is 6.63. The molecule has 1 unspecified atom stereocenters. The van der Waals surface area contributed by atoms with E-state index in [2.05, 4.69) is 12.2 Å². The molecule has 1 aliphatic carbocycles. The van der Waals surface area contributed by atoms with Crippen LogP contribution >= 0.6 is 0 Å². The lowest BCUT2D eigenvalue weighted by atomic mass is 9.84. The Morgan fingerprint density at radius 3 is 2.47 bits per heavy atom. The van der Waals surface area contributed by atoms with Gasteiger partial charge in [0, 0.05) is 6.04 Å². The maximum Gasteiger partial charge on any atom is 0.0512 e. The van der Waals surface area contributed by atoms with Gasteiger partial charge in [0.25, 0.3) is 0 Å². The van der Waals surface area contributed by atoms with Crippen molar-refractivity contribution in [1.29, 1.82) is 0 Å². The fourth-order valence-electron chi connectivity index (χ4n) is 2.48. The molecule has 0 saturated heterocycles. The second-order valence-electron chi connectivity index (χ2n) is 5.07. The van der Waals surface area contributed by atoms with Gasteiger partial charge in [-0.3, -0.25) is 0 Å². The number of aliphatic hydroxyl groups excluding tert-OH is 1. The lowest BCUT2D eigenvalue weighted by Gasteiger charge is -2.28. The van der Waals surface area contributed by atoms with Crippen molar-refractivity contribution >= 4 is 0 Å². The molecule has 2 N–H and O–H groups in total. The van der Waals surface area contributed by atoms with E-state index in [1.54, 1.807) is 0 Å². The van der Waals surface area contributed by atoms with Gasteiger partial charge in [0.05, 0.1) is 6.10 Å². The van der Waals surface area contributed by atoms with Crippen LogP contribution in [0.2, 0.25) is 0 Å². The van der Waals surface area contributed by atoms with Crippen LogP contribution < -0.4 is 5.32 Å². The van der Waals surface area contributed by atoms with Crippen molar-refractivity contribution in [2.75, 3.05) is 6.54 Å². The maximum absolute atomic E-state index is 9.13. The molecule has 0 aromatic rings. The second kappa shape index (κ2) is 7.24. The minimum absolute atomic E-state index is 0.136. The standard InChI is InChI=1S/C13H27NO/c1-3-12-6-8-13(9-7-12)14-10-4-5-11(2)15/h11-15H,3-10H2,1-2H3. The fourth-order valence-corrected chi connectivity index (χ4v) is 2.48. The Labute approximate surface area is 94.5 Å². The molecule has 1 rings (SSSR count). The summed E-state index contributed by atoms with van der Waals surface area (Å²) >= 11 is 0. The number of hydrogen-bond donors (Lipinski definition) is 2. The maximum atomic E-state index is 9.13. The van der Waals surface area contributed by atoms with E-state index < -0.39 is 0 Å². The van der Waals surface area contributed by atoms with Gasteiger partial charge >= 0.3 is 0 Å². The van der Waals surface area contributed by atoms with Crippen molar-refractivity contribution in [2.45, 2.75) is 70.9 Å². The third-order valence-electron chi connectivity index (χ3n) is 3.66. The van der Waals surface area contributed by atoms with Crippen molar-refractivity contribution in [3.05, 3.63) is 0 Å². The molecular weight excluding hydrogens is 186 g/mol. The van der Waals surface area contributed by atoms with E-state index in [4.69, 9.17) is 5.11 Å². The molecule has 90 valence electrons. The number of rotatable bonds is 6. The van der Waals surface area contributed by atoms with Crippen LogP contribution in [0.25, 0.3) is 0 Å². The molecule has 1 fully saturated rings. The molecule has 0 amide bonds. The van der Waals surface area contributed by atoms with Gasteiger partial charge in [0.1, 0.15) is 0 Å². The van der Waals surface area contributed by atoms with Gasteiger partial charge in [-0.2, -0.15) is 0 Å². The zero-order chi connectivity index (χ0) is 11.1. The fraction of sp³-hybridized carbons (Fsp3) is 1.00. The highest BCUT2D eigenvalue weighted by Gasteiger charge is 2.18. The largest absolute Gasteiger partial charge is 0.393 e. The van der Waals surface area contributed by atoms with Crippen molar-refractivity contribution in [2.24, 2.45) is 5.92 Å². The van der Waals surface area contributed by atoms with E-state index in [0.29, 0.717) is 0 Å². The van der Waals surface area contributed by atoms with E-state index in [1.165, 1.54) is 32.1 Å². The van der Waals surface area contributed by atoms with Crippen molar-refractivity contribution in [3.63, 3.8) is 0 Å². The Kier molecular flexibility index (Phi) is 6.26. The first kappa shape index (κ1) is 13.0. The summed E-state index contributed by atoms with van der Waals surface area (Å²) in [6.45, 7) is 5.25. The summed E-state index contributed by atoms with van der Waals surface area (Å²) in [6, 6.07) is 0.752. The minimum atomic E-state index is -0.136. The number of nitrogens with one attached hydrogen (secondary N) is 1. The monoisotopic (exact) mass is 213 g/mol. The average Bonchev–Trinajstić information content (AvgIpc) is 2.25. The van der Waals surface area contributed by atoms with Crippen LogP contribution in [0.3, 0.4) is 0 Å². The minimum Gasteiger partial charge on any atom is -0.393 e. The van der Waals surface area contributed by atoms with Crippen LogP contribution in [0.1, 0.15) is 58.8 Å². The highest BCUT2D eigenvalue weighted by atomic mass is 16.3. The van der Waals surface area contributed by atoms with Crippen LogP contribution in [0.15, 0.2) is 0 Å². The van der Waals surface area contributed by atoms with Crippen LogP contribution in [-0.4, -0.2) is 23.8 Å². The molecule has 0 aromatic heterocycles. The van der Waals surface area contributed by atoms with Crippen molar-refractivity contribution in [1.82, 2.24) is 5.32 Å². The predicted octanol–water partition coefficient (Wildman–Crippen LogP) is 2.71. The molecule has 1 saturated carbocycles. The molecule has 2 heteroatoms. The van der Waals surface area contributed by atoms with Crippen molar-refractivity contribution in [3.8, 4) is 0 Å². The van der Waals surface area contributed by atoms with Gasteiger partial charge in [-0.05, 0) is 57.9 Å². The Morgan fingerprint density at radius 1 is 1.27 bits per heavy atom. The summed E-state index contributed by atoms with van der Waals surface area (Å²) in [7, 11) is 0. The number of hydrogen-bond acceptors (Lipinski definition) is 2. The molecule has 0 bridgehead atoms. The molecule has 0 radical (unpaired) electrons. The normalized spacial score (nSPS) is 29.0. The highest BCUT2D eigenvalue weighted by molar-refractivity contribution is 4.76. The summed E-state index contributed by atoms with van der Waals surface area (Å²) < 4.78 is 0. The predicted molar refractivity (Wildman–Crippen MR) is 65.0 cm³/mol. The second-order valence-corrected chi connectivity index (χ2v) is 5.07. The van der Waals surface area contributed by atoms with E-state index >= 15 is 0 Å². The van der Waals surface area contributed by atoms with Crippen LogP contribution in [0.5, 0.6) is 0 Å². The third-order valence-corrected chi connectivity index (χ3v) is 3.66. The zero-order valence-corrected chi connectivity index (χ0v) is 10.3. The summed E-state index contributed by atoms with van der Waals surface area (Å²) in [5.41, 5.74) is 0. The molecule has 2 nitrogen and oxygen atoms in total. The van der Waals surface area contributed by atoms with Gasteiger partial charge < -0.3 is 10.4 Å². The van der Waals surface area contributed by atoms with Gasteiger partial charge in [-0.1, -0.05) is 13.3 Å². The lowest BCUT2D eigenvalue weighted by Crippen LogP contribution is -2.33. The summed E-state index contributed by atoms with van der Waals surface area (Å²) in [4.78, 5) is 0. The molecule has 1 atom stereocenters. The Morgan fingerprint density at radius 2 is 1.93 bits per heavy atom. The Bertz CT molecular complexity index is 151. The smallest absolute Gasteiger partial charge is 0.0512 e. The average molecular weight is 213 g/mol. The quantitative estimate of drug-likeness (QED) is 0.665. The summed E-state index contributed by atoms with van der Waals surface area (Å²) in [6.07, 6.45) is 8.77. The zero-order valence-electron chi connectivity index (χ0n) is 10.3. The van der Waals surface area contributed by atoms with E-state index in [1.807, 2.05) is 6.92 Å². The van der Waals surface area contributed by atoms with Gasteiger partial charge in [-0.15, -0.1) is 0 Å². The lowest BCUT2D eigenvalue weighted by molar-refractivity contribution is 0.180. The highest BCUT2D eigenvalue weighted by Crippen LogP contribution is 2.26. The molecule has 15 heavy (non-hydrogen) atoms. The Hall–Kier alpha value is -0.0800. The number of aliphatic hydroxyl groups is 1. The SMILES string of the molecule is CCC1CCC(NCCCC(C)O)CC1. The summed E-state index contributed by atoms with van der Waals surface area (Å²) in [5.74, 6) is 0.987. The first-order chi connectivity index (χ1) is 7.22. The van der Waals surface area contributed by atoms with Crippen LogP contribution in [0, 0.1) is 5.92 Å².